The number of nitro benzene ring substituents is 1. The van der Waals surface area contributed by atoms with E-state index in [0.717, 1.165) is 27.2 Å². The van der Waals surface area contributed by atoms with Crippen molar-refractivity contribution in [2.75, 3.05) is 18.1 Å². The minimum absolute atomic E-state index is 0.179. The van der Waals surface area contributed by atoms with Gasteiger partial charge >= 0.3 is 0 Å². The van der Waals surface area contributed by atoms with Crippen molar-refractivity contribution < 1.29 is 29.5 Å². The van der Waals surface area contributed by atoms with Crippen molar-refractivity contribution >= 4 is 34.8 Å². The maximum Gasteiger partial charge on any atom is 0.271 e. The molecule has 4 atom stereocenters. The van der Waals surface area contributed by atoms with Crippen molar-refractivity contribution in [3.05, 3.63) is 111 Å². The number of anilines is 1. The van der Waals surface area contributed by atoms with Gasteiger partial charge in [0.05, 0.1) is 41.8 Å². The number of hydrogen-bond donors (Lipinski definition) is 2. The van der Waals surface area contributed by atoms with Crippen molar-refractivity contribution in [2.24, 2.45) is 17.8 Å². The Labute approximate surface area is 242 Å². The van der Waals surface area contributed by atoms with Gasteiger partial charge in [0.15, 0.2) is 0 Å². The molecule has 9 nitrogen and oxygen atoms in total. The predicted octanol–water partition coefficient (Wildman–Crippen LogP) is 5.13. The fourth-order valence-corrected chi connectivity index (χ4v) is 6.66. The lowest BCUT2D eigenvalue weighted by atomic mass is 9.69. The third kappa shape index (κ3) is 4.91. The number of imide groups is 1. The Balaban J connectivity index is 1.27. The number of ether oxygens (including phenoxy) is 1. The quantitative estimate of drug-likeness (QED) is 0.127. The van der Waals surface area contributed by atoms with Crippen molar-refractivity contribution in [1.29, 1.82) is 0 Å². The molecule has 3 aromatic carbocycles. The summed E-state index contributed by atoms with van der Waals surface area (Å²) in [5.74, 6) is -2.29. The molecule has 0 unspecified atom stereocenters. The first-order valence-corrected chi connectivity index (χ1v) is 14.0. The van der Waals surface area contributed by atoms with Gasteiger partial charge in [0.1, 0.15) is 5.75 Å². The SMILES string of the molecule is O=C1[C@@H]2[C@@H](CC(CO)=C3[C@@H](CC/C(=C/c4ccccc4O)c4ccccc4)OC[C@@H]32)C(=O)N1c1cccc([N+](=O)[O-])c1. The number of carbonyl (C=O) groups is 2. The van der Waals surface area contributed by atoms with Crippen LogP contribution in [0.5, 0.6) is 5.75 Å². The molecule has 0 spiro atoms. The molecule has 1 aliphatic carbocycles. The Morgan fingerprint density at radius 1 is 1.00 bits per heavy atom. The summed E-state index contributed by atoms with van der Waals surface area (Å²) >= 11 is 0. The van der Waals surface area contributed by atoms with Crippen LogP contribution in [-0.2, 0) is 14.3 Å². The molecular weight excluding hydrogens is 536 g/mol. The van der Waals surface area contributed by atoms with Crippen molar-refractivity contribution in [3.8, 4) is 5.75 Å². The Morgan fingerprint density at radius 3 is 2.50 bits per heavy atom. The number of aromatic hydroxyl groups is 1. The fraction of sp³-hybridized carbons (Fsp3) is 0.273. The third-order valence-electron chi connectivity index (χ3n) is 8.58. The number of phenols is 1. The van der Waals surface area contributed by atoms with E-state index in [0.29, 0.717) is 18.4 Å². The maximum atomic E-state index is 13.7. The van der Waals surface area contributed by atoms with Gasteiger partial charge in [0, 0.05) is 23.6 Å². The lowest BCUT2D eigenvalue weighted by molar-refractivity contribution is -0.384. The summed E-state index contributed by atoms with van der Waals surface area (Å²) in [5.41, 5.74) is 4.31. The molecule has 42 heavy (non-hydrogen) atoms. The Hall–Kier alpha value is -4.60. The molecule has 3 aromatic rings. The van der Waals surface area contributed by atoms with E-state index in [2.05, 4.69) is 0 Å². The second-order valence-corrected chi connectivity index (χ2v) is 10.9. The number of hydrogen-bond acceptors (Lipinski definition) is 7. The smallest absolute Gasteiger partial charge is 0.271 e. The topological polar surface area (TPSA) is 130 Å². The van der Waals surface area contributed by atoms with Gasteiger partial charge in [-0.2, -0.15) is 0 Å². The van der Waals surface area contributed by atoms with Crippen molar-refractivity contribution in [1.82, 2.24) is 0 Å². The number of nitro groups is 1. The van der Waals surface area contributed by atoms with E-state index in [9.17, 15) is 29.9 Å². The molecule has 2 heterocycles. The molecule has 0 bridgehead atoms. The minimum Gasteiger partial charge on any atom is -0.507 e. The van der Waals surface area contributed by atoms with Crippen molar-refractivity contribution in [2.45, 2.75) is 25.4 Å². The summed E-state index contributed by atoms with van der Waals surface area (Å²) in [6.45, 7) is 0.00276. The van der Waals surface area contributed by atoms with Crippen LogP contribution in [0.25, 0.3) is 11.6 Å². The van der Waals surface area contributed by atoms with E-state index in [1.54, 1.807) is 12.1 Å². The highest BCUT2D eigenvalue weighted by Gasteiger charge is 2.57. The third-order valence-corrected chi connectivity index (χ3v) is 8.58. The number of allylic oxidation sites excluding steroid dienone is 1. The molecule has 3 aliphatic rings. The van der Waals surface area contributed by atoms with E-state index in [1.807, 2.05) is 48.5 Å². The average molecular weight is 567 g/mol. The summed E-state index contributed by atoms with van der Waals surface area (Å²) in [4.78, 5) is 39.0. The van der Waals surface area contributed by atoms with E-state index >= 15 is 0 Å². The van der Waals surface area contributed by atoms with Gasteiger partial charge in [0.25, 0.3) is 5.69 Å². The molecule has 0 saturated carbocycles. The van der Waals surface area contributed by atoms with Crippen LogP contribution in [-0.4, -0.2) is 46.3 Å². The molecule has 2 aliphatic heterocycles. The van der Waals surface area contributed by atoms with Gasteiger partial charge in [0.2, 0.25) is 11.8 Å². The molecular formula is C33H30N2O7. The first-order chi connectivity index (χ1) is 20.4. The molecule has 0 aromatic heterocycles. The zero-order valence-corrected chi connectivity index (χ0v) is 22.8. The van der Waals surface area contributed by atoms with Crippen LogP contribution in [0, 0.1) is 27.9 Å². The predicted molar refractivity (Wildman–Crippen MR) is 156 cm³/mol. The Morgan fingerprint density at radius 2 is 1.76 bits per heavy atom. The number of aliphatic hydroxyl groups excluding tert-OH is 1. The summed E-state index contributed by atoms with van der Waals surface area (Å²) < 4.78 is 6.26. The number of carbonyl (C=O) groups excluding carboxylic acids is 2. The Kier molecular flexibility index (Phi) is 7.45. The average Bonchev–Trinajstić information content (AvgIpc) is 3.54. The first-order valence-electron chi connectivity index (χ1n) is 14.0. The zero-order chi connectivity index (χ0) is 29.4. The number of benzene rings is 3. The largest absolute Gasteiger partial charge is 0.507 e. The Bertz CT molecular complexity index is 1610. The summed E-state index contributed by atoms with van der Waals surface area (Å²) in [5, 5.41) is 32.1. The molecule has 6 rings (SSSR count). The van der Waals surface area contributed by atoms with Crippen LogP contribution in [0.15, 0.2) is 90.0 Å². The van der Waals surface area contributed by atoms with E-state index in [4.69, 9.17) is 4.74 Å². The van der Waals surface area contributed by atoms with Crippen LogP contribution >= 0.6 is 0 Å². The molecule has 2 saturated heterocycles. The number of nitrogens with zero attached hydrogens (tertiary/aromatic N) is 2. The number of phenolic OH excluding ortho intramolecular Hbond substituents is 1. The first kappa shape index (κ1) is 27.6. The van der Waals surface area contributed by atoms with E-state index in [1.165, 1.54) is 24.3 Å². The number of aliphatic hydroxyl groups is 1. The summed E-state index contributed by atoms with van der Waals surface area (Å²) in [7, 11) is 0. The second-order valence-electron chi connectivity index (χ2n) is 10.9. The second kappa shape index (κ2) is 11.3. The van der Waals surface area contributed by atoms with Gasteiger partial charge < -0.3 is 14.9 Å². The number of fused-ring (bicyclic) bond motifs is 3. The van der Waals surface area contributed by atoms with Gasteiger partial charge in [-0.05, 0) is 59.8 Å². The fourth-order valence-electron chi connectivity index (χ4n) is 6.66. The molecule has 2 fully saturated rings. The van der Waals surface area contributed by atoms with Gasteiger partial charge in [-0.25, -0.2) is 4.90 Å². The highest BCUT2D eigenvalue weighted by atomic mass is 16.6. The lowest BCUT2D eigenvalue weighted by Crippen LogP contribution is -2.35. The highest BCUT2D eigenvalue weighted by molar-refractivity contribution is 6.22. The molecule has 2 amide bonds. The molecule has 214 valence electrons. The monoisotopic (exact) mass is 566 g/mol. The number of para-hydroxylation sites is 1. The van der Waals surface area contributed by atoms with Gasteiger partial charge in [-0.3, -0.25) is 19.7 Å². The number of rotatable bonds is 8. The van der Waals surface area contributed by atoms with Crippen LogP contribution in [0.3, 0.4) is 0 Å². The molecule has 0 radical (unpaired) electrons. The normalized spacial score (nSPS) is 23.7. The number of non-ortho nitro benzene ring substituents is 1. The minimum atomic E-state index is -0.657. The van der Waals surface area contributed by atoms with Crippen LogP contribution in [0.1, 0.15) is 30.4 Å². The molecule has 9 heteroatoms. The van der Waals surface area contributed by atoms with Crippen LogP contribution < -0.4 is 4.90 Å². The lowest BCUT2D eigenvalue weighted by Gasteiger charge is -2.31. The van der Waals surface area contributed by atoms with E-state index in [-0.39, 0.29) is 48.8 Å². The van der Waals surface area contributed by atoms with Crippen LogP contribution in [0.2, 0.25) is 0 Å². The van der Waals surface area contributed by atoms with E-state index < -0.39 is 28.6 Å². The maximum absolute atomic E-state index is 13.7. The zero-order valence-electron chi connectivity index (χ0n) is 22.8. The van der Waals surface area contributed by atoms with Crippen LogP contribution in [0.4, 0.5) is 11.4 Å². The summed E-state index contributed by atoms with van der Waals surface area (Å²) in [6, 6.07) is 22.6. The standard InChI is InChI=1S/C33H30N2O7/c36-18-23-16-26-31(33(39)34(32(26)38)24-10-6-11-25(17-24)35(40)41)27-19-42-29(30(23)27)14-13-21(20-7-2-1-3-8-20)15-22-9-4-5-12-28(22)37/h1-12,15,17,26-27,29,31,36-37H,13-14,16,18-19H2/b21-15-/t26-,27+,29-,31-/m1/s1. The van der Waals surface area contributed by atoms with Gasteiger partial charge in [-0.1, -0.05) is 54.6 Å². The molecule has 2 N–H and O–H groups in total. The highest BCUT2D eigenvalue weighted by Crippen LogP contribution is 2.50. The number of amides is 2. The van der Waals surface area contributed by atoms with Crippen molar-refractivity contribution in [3.63, 3.8) is 0 Å². The summed E-state index contributed by atoms with van der Waals surface area (Å²) in [6.07, 6.45) is 3.05. The van der Waals surface area contributed by atoms with Gasteiger partial charge in [-0.15, -0.1) is 0 Å².